The summed E-state index contributed by atoms with van der Waals surface area (Å²) in [6.07, 6.45) is 2.22. The lowest BCUT2D eigenvalue weighted by atomic mass is 10.0. The Bertz CT molecular complexity index is 219. The van der Waals surface area contributed by atoms with Gasteiger partial charge < -0.3 is 5.73 Å². The molecule has 1 aliphatic heterocycles. The number of primary amides is 1. The van der Waals surface area contributed by atoms with Crippen LogP contribution in [-0.4, -0.2) is 28.6 Å². The van der Waals surface area contributed by atoms with Crippen LogP contribution in [0.1, 0.15) is 40.5 Å². The molecule has 0 spiro atoms. The van der Waals surface area contributed by atoms with Gasteiger partial charge in [-0.2, -0.15) is 0 Å². The van der Waals surface area contributed by atoms with E-state index in [0.717, 1.165) is 19.4 Å². The summed E-state index contributed by atoms with van der Waals surface area (Å²) in [6, 6.07) is 0.204. The van der Waals surface area contributed by atoms with E-state index in [4.69, 9.17) is 5.73 Å². The van der Waals surface area contributed by atoms with Crippen molar-refractivity contribution in [1.29, 1.82) is 0 Å². The van der Waals surface area contributed by atoms with Crippen molar-refractivity contribution in [2.45, 2.75) is 52.1 Å². The number of quaternary nitrogens is 1. The number of urea groups is 1. The third-order valence-electron chi connectivity index (χ3n) is 3.48. The van der Waals surface area contributed by atoms with Crippen molar-refractivity contribution in [3.8, 4) is 0 Å². The van der Waals surface area contributed by atoms with E-state index in [2.05, 4.69) is 27.7 Å². The number of carbonyl (C=O) groups excluding carboxylic acids is 1. The number of likely N-dealkylation sites (tertiary alicyclic amines) is 1. The van der Waals surface area contributed by atoms with E-state index in [0.29, 0.717) is 10.5 Å². The van der Waals surface area contributed by atoms with Crippen LogP contribution in [0.2, 0.25) is 0 Å². The Morgan fingerprint density at radius 2 is 2.00 bits per heavy atom. The number of rotatable bonds is 0. The highest BCUT2D eigenvalue weighted by atomic mass is 16.2. The van der Waals surface area contributed by atoms with Gasteiger partial charge in [0.25, 0.3) is 0 Å². The topological polar surface area (TPSA) is 43.1 Å². The zero-order valence-electron chi connectivity index (χ0n) is 9.13. The van der Waals surface area contributed by atoms with Crippen LogP contribution in [0.15, 0.2) is 0 Å². The van der Waals surface area contributed by atoms with Crippen molar-refractivity contribution in [2.75, 3.05) is 6.54 Å². The van der Waals surface area contributed by atoms with E-state index < -0.39 is 0 Å². The molecule has 76 valence electrons. The molecule has 1 saturated heterocycles. The van der Waals surface area contributed by atoms with Crippen LogP contribution < -0.4 is 5.73 Å². The second kappa shape index (κ2) is 2.98. The summed E-state index contributed by atoms with van der Waals surface area (Å²) < 4.78 is 0.451. The van der Waals surface area contributed by atoms with Crippen LogP contribution >= 0.6 is 0 Å². The van der Waals surface area contributed by atoms with Crippen LogP contribution in [0.4, 0.5) is 4.79 Å². The van der Waals surface area contributed by atoms with Crippen molar-refractivity contribution >= 4 is 6.03 Å². The second-order valence-corrected chi connectivity index (χ2v) is 5.09. The highest BCUT2D eigenvalue weighted by Crippen LogP contribution is 2.35. The van der Waals surface area contributed by atoms with E-state index >= 15 is 0 Å². The van der Waals surface area contributed by atoms with Gasteiger partial charge in [0.05, 0.1) is 18.1 Å². The Morgan fingerprint density at radius 3 is 2.15 bits per heavy atom. The lowest BCUT2D eigenvalue weighted by molar-refractivity contribution is -0.905. The summed E-state index contributed by atoms with van der Waals surface area (Å²) in [5.41, 5.74) is 5.47. The summed E-state index contributed by atoms with van der Waals surface area (Å²) in [6.45, 7) is 9.32. The minimum absolute atomic E-state index is 0.0677. The Kier molecular flexibility index (Phi) is 2.41. The molecule has 1 heterocycles. The molecule has 0 aliphatic carbocycles. The van der Waals surface area contributed by atoms with Gasteiger partial charge in [0.2, 0.25) is 0 Å². The van der Waals surface area contributed by atoms with Crippen molar-refractivity contribution in [3.05, 3.63) is 0 Å². The van der Waals surface area contributed by atoms with Crippen molar-refractivity contribution in [1.82, 2.24) is 0 Å². The Hall–Kier alpha value is -0.570. The normalized spacial score (nSPS) is 34.9. The molecule has 3 nitrogen and oxygen atoms in total. The van der Waals surface area contributed by atoms with Gasteiger partial charge in [-0.05, 0) is 27.7 Å². The van der Waals surface area contributed by atoms with E-state index in [-0.39, 0.29) is 11.6 Å². The molecule has 0 aromatic rings. The molecule has 0 radical (unpaired) electrons. The fourth-order valence-electron chi connectivity index (χ4n) is 2.73. The largest absolute Gasteiger partial charge is 0.414 e. The standard InChI is InChI=1S/C10H20N2O/c1-8-6-5-7-12(8,9(11)13)10(2,3)4/h8H,5-7H2,1-4H3,(H-,11,13)/p+1/t8-,12?/m1/s1. The Balaban J connectivity index is 3.08. The average Bonchev–Trinajstić information content (AvgIpc) is 2.29. The van der Waals surface area contributed by atoms with Crippen LogP contribution in [0, 0.1) is 0 Å². The zero-order chi connectivity index (χ0) is 10.3. The summed E-state index contributed by atoms with van der Waals surface area (Å²) in [7, 11) is 0. The van der Waals surface area contributed by atoms with E-state index in [1.54, 1.807) is 0 Å². The fraction of sp³-hybridized carbons (Fsp3) is 0.900. The molecule has 13 heavy (non-hydrogen) atoms. The predicted molar refractivity (Wildman–Crippen MR) is 53.2 cm³/mol. The molecule has 1 fully saturated rings. The SMILES string of the molecule is C[C@@H]1CCC[N+]1(C(N)=O)C(C)(C)C. The minimum atomic E-state index is -0.169. The maximum Gasteiger partial charge on any atom is 0.414 e. The van der Waals surface area contributed by atoms with Crippen molar-refractivity contribution < 1.29 is 9.28 Å². The van der Waals surface area contributed by atoms with Crippen LogP contribution in [0.5, 0.6) is 0 Å². The molecule has 2 amide bonds. The summed E-state index contributed by atoms with van der Waals surface area (Å²) in [4.78, 5) is 11.6. The molecule has 0 aromatic heterocycles. The number of nitrogens with two attached hydrogens (primary N) is 1. The molecule has 0 saturated carbocycles. The first-order chi connectivity index (χ1) is 5.82. The first-order valence-corrected chi connectivity index (χ1v) is 5.00. The third-order valence-corrected chi connectivity index (χ3v) is 3.48. The molecule has 0 bridgehead atoms. The maximum atomic E-state index is 11.6. The Morgan fingerprint density at radius 1 is 1.46 bits per heavy atom. The minimum Gasteiger partial charge on any atom is -0.319 e. The van der Waals surface area contributed by atoms with Gasteiger partial charge in [-0.3, -0.25) is 0 Å². The summed E-state index contributed by atoms with van der Waals surface area (Å²) >= 11 is 0. The zero-order valence-corrected chi connectivity index (χ0v) is 9.13. The molecule has 2 N–H and O–H groups in total. The van der Waals surface area contributed by atoms with Gasteiger partial charge in [0.15, 0.2) is 0 Å². The summed E-state index contributed by atoms with van der Waals surface area (Å²) in [5.74, 6) is 0. The van der Waals surface area contributed by atoms with Gasteiger partial charge in [0, 0.05) is 12.8 Å². The maximum absolute atomic E-state index is 11.6. The highest BCUT2D eigenvalue weighted by molar-refractivity contribution is 5.65. The molecular weight excluding hydrogens is 164 g/mol. The molecule has 1 unspecified atom stereocenters. The second-order valence-electron chi connectivity index (χ2n) is 5.09. The average molecular weight is 185 g/mol. The summed E-state index contributed by atoms with van der Waals surface area (Å²) in [5, 5.41) is 0. The van der Waals surface area contributed by atoms with Gasteiger partial charge in [0.1, 0.15) is 0 Å². The van der Waals surface area contributed by atoms with Gasteiger partial charge in [-0.1, -0.05) is 0 Å². The number of hydrogen-bond donors (Lipinski definition) is 1. The van der Waals surface area contributed by atoms with Crippen molar-refractivity contribution in [2.24, 2.45) is 5.73 Å². The van der Waals surface area contributed by atoms with Crippen LogP contribution in [0.3, 0.4) is 0 Å². The molecule has 1 rings (SSSR count). The molecule has 3 heteroatoms. The smallest absolute Gasteiger partial charge is 0.319 e. The fourth-order valence-corrected chi connectivity index (χ4v) is 2.73. The lowest BCUT2D eigenvalue weighted by Gasteiger charge is -2.45. The van der Waals surface area contributed by atoms with E-state index in [1.807, 2.05) is 0 Å². The van der Waals surface area contributed by atoms with Crippen LogP contribution in [-0.2, 0) is 0 Å². The molecular formula is C10H21N2O+. The predicted octanol–water partition coefficient (Wildman–Crippen LogP) is 1.86. The third kappa shape index (κ3) is 1.35. The van der Waals surface area contributed by atoms with Gasteiger partial charge >= 0.3 is 6.03 Å². The Labute approximate surface area is 80.5 Å². The van der Waals surface area contributed by atoms with E-state index in [1.165, 1.54) is 0 Å². The molecule has 1 aliphatic rings. The highest BCUT2D eigenvalue weighted by Gasteiger charge is 2.52. The molecule has 2 atom stereocenters. The number of hydrogen-bond acceptors (Lipinski definition) is 1. The number of carbonyl (C=O) groups is 1. The quantitative estimate of drug-likeness (QED) is 0.575. The van der Waals surface area contributed by atoms with Crippen LogP contribution in [0.25, 0.3) is 0 Å². The van der Waals surface area contributed by atoms with Gasteiger partial charge in [-0.25, -0.2) is 9.28 Å². The number of nitrogens with zero attached hydrogens (tertiary/aromatic N) is 1. The number of amides is 2. The van der Waals surface area contributed by atoms with E-state index in [9.17, 15) is 4.79 Å². The van der Waals surface area contributed by atoms with Crippen molar-refractivity contribution in [3.63, 3.8) is 0 Å². The first kappa shape index (κ1) is 10.5. The lowest BCUT2D eigenvalue weighted by Crippen LogP contribution is -2.67. The first-order valence-electron chi connectivity index (χ1n) is 5.00. The molecule has 0 aromatic carbocycles. The van der Waals surface area contributed by atoms with Gasteiger partial charge in [-0.15, -0.1) is 0 Å². The monoisotopic (exact) mass is 185 g/mol.